The summed E-state index contributed by atoms with van der Waals surface area (Å²) in [5, 5.41) is 12.1. The van der Waals surface area contributed by atoms with Gasteiger partial charge in [0.25, 0.3) is 0 Å². The minimum Gasteiger partial charge on any atom is -0.396 e. The molecule has 0 spiro atoms. The van der Waals surface area contributed by atoms with Gasteiger partial charge < -0.3 is 10.4 Å². The van der Waals surface area contributed by atoms with Gasteiger partial charge in [0, 0.05) is 18.8 Å². The molecule has 0 heterocycles. The largest absolute Gasteiger partial charge is 0.396 e. The van der Waals surface area contributed by atoms with Crippen LogP contribution in [-0.2, 0) is 6.42 Å². The molecule has 0 atom stereocenters. The third-order valence-electron chi connectivity index (χ3n) is 2.89. The van der Waals surface area contributed by atoms with Crippen LogP contribution in [0.2, 0.25) is 0 Å². The number of aliphatic hydroxyl groups is 1. The van der Waals surface area contributed by atoms with Crippen molar-refractivity contribution in [3.8, 4) is 0 Å². The zero-order valence-electron chi connectivity index (χ0n) is 10.4. The van der Waals surface area contributed by atoms with E-state index in [0.717, 1.165) is 32.2 Å². The summed E-state index contributed by atoms with van der Waals surface area (Å²) in [5.41, 5.74) is 4.00. The van der Waals surface area contributed by atoms with E-state index in [0.29, 0.717) is 6.61 Å². The van der Waals surface area contributed by atoms with Crippen LogP contribution in [0.3, 0.4) is 0 Å². The van der Waals surface area contributed by atoms with Gasteiger partial charge in [-0.2, -0.15) is 0 Å². The van der Waals surface area contributed by atoms with Crippen molar-refractivity contribution in [3.05, 3.63) is 29.3 Å². The Morgan fingerprint density at radius 1 is 1.19 bits per heavy atom. The highest BCUT2D eigenvalue weighted by atomic mass is 16.2. The first-order valence-electron chi connectivity index (χ1n) is 6.22. The van der Waals surface area contributed by atoms with Gasteiger partial charge in [-0.25, -0.2) is 0 Å². The quantitative estimate of drug-likeness (QED) is 0.693. The summed E-state index contributed by atoms with van der Waals surface area (Å²) in [6, 6.07) is 6.55. The number of anilines is 1. The van der Waals surface area contributed by atoms with E-state index in [1.165, 1.54) is 16.8 Å². The maximum Gasteiger partial charge on any atom is 0.0431 e. The summed E-state index contributed by atoms with van der Waals surface area (Å²) >= 11 is 0. The Bertz CT molecular complexity index is 310. The average Bonchev–Trinajstić information content (AvgIpc) is 2.31. The van der Waals surface area contributed by atoms with Gasteiger partial charge in [-0.1, -0.05) is 13.0 Å². The van der Waals surface area contributed by atoms with Crippen molar-refractivity contribution in [2.24, 2.45) is 0 Å². The molecule has 0 saturated carbocycles. The van der Waals surface area contributed by atoms with E-state index in [9.17, 15) is 0 Å². The van der Waals surface area contributed by atoms with E-state index in [-0.39, 0.29) is 0 Å². The van der Waals surface area contributed by atoms with Gasteiger partial charge in [0.15, 0.2) is 0 Å². The maximum atomic E-state index is 8.66. The Balaban J connectivity index is 2.36. The second-order valence-electron chi connectivity index (χ2n) is 4.21. The molecule has 0 fully saturated rings. The van der Waals surface area contributed by atoms with Crippen molar-refractivity contribution < 1.29 is 5.11 Å². The van der Waals surface area contributed by atoms with Gasteiger partial charge in [-0.15, -0.1) is 0 Å². The van der Waals surface area contributed by atoms with Crippen molar-refractivity contribution in [2.75, 3.05) is 18.5 Å². The zero-order valence-corrected chi connectivity index (χ0v) is 10.4. The molecule has 1 aromatic rings. The van der Waals surface area contributed by atoms with Crippen molar-refractivity contribution in [1.82, 2.24) is 0 Å². The number of benzene rings is 1. The molecule has 0 unspecified atom stereocenters. The number of unbranched alkanes of at least 4 members (excludes halogenated alkanes) is 2. The molecule has 0 aliphatic rings. The standard InChI is InChI=1S/C14H23NO/c1-3-13-11-14(8-7-12(13)2)15-9-5-4-6-10-16/h7-8,11,15-16H,3-6,9-10H2,1-2H3. The predicted molar refractivity (Wildman–Crippen MR) is 70.0 cm³/mol. The Kier molecular flexibility index (Phi) is 5.94. The lowest BCUT2D eigenvalue weighted by molar-refractivity contribution is 0.283. The topological polar surface area (TPSA) is 32.3 Å². The second-order valence-corrected chi connectivity index (χ2v) is 4.21. The molecule has 16 heavy (non-hydrogen) atoms. The molecule has 0 amide bonds. The molecule has 0 aliphatic carbocycles. The van der Waals surface area contributed by atoms with E-state index in [1.54, 1.807) is 0 Å². The summed E-state index contributed by atoms with van der Waals surface area (Å²) < 4.78 is 0. The van der Waals surface area contributed by atoms with Crippen molar-refractivity contribution in [3.63, 3.8) is 0 Å². The van der Waals surface area contributed by atoms with E-state index in [2.05, 4.69) is 37.4 Å². The van der Waals surface area contributed by atoms with Gasteiger partial charge in [0.05, 0.1) is 0 Å². The Morgan fingerprint density at radius 3 is 2.69 bits per heavy atom. The molecule has 1 rings (SSSR count). The number of aryl methyl sites for hydroxylation is 2. The first kappa shape index (κ1) is 13.0. The summed E-state index contributed by atoms with van der Waals surface area (Å²) in [5.74, 6) is 0. The molecule has 0 radical (unpaired) electrons. The van der Waals surface area contributed by atoms with Crippen molar-refractivity contribution in [1.29, 1.82) is 0 Å². The highest BCUT2D eigenvalue weighted by Crippen LogP contribution is 2.15. The Morgan fingerprint density at radius 2 is 2.00 bits per heavy atom. The fourth-order valence-corrected chi connectivity index (χ4v) is 1.81. The van der Waals surface area contributed by atoms with Crippen LogP contribution in [0.15, 0.2) is 18.2 Å². The van der Waals surface area contributed by atoms with Crippen LogP contribution < -0.4 is 5.32 Å². The van der Waals surface area contributed by atoms with Crippen LogP contribution in [-0.4, -0.2) is 18.3 Å². The van der Waals surface area contributed by atoms with Crippen LogP contribution >= 0.6 is 0 Å². The molecule has 2 N–H and O–H groups in total. The lowest BCUT2D eigenvalue weighted by atomic mass is 10.1. The van der Waals surface area contributed by atoms with Crippen LogP contribution in [0.4, 0.5) is 5.69 Å². The minimum absolute atomic E-state index is 0.310. The van der Waals surface area contributed by atoms with Crippen LogP contribution in [0, 0.1) is 6.92 Å². The van der Waals surface area contributed by atoms with E-state index >= 15 is 0 Å². The lowest BCUT2D eigenvalue weighted by Crippen LogP contribution is -2.02. The van der Waals surface area contributed by atoms with Gasteiger partial charge in [0.1, 0.15) is 0 Å². The molecule has 90 valence electrons. The lowest BCUT2D eigenvalue weighted by Gasteiger charge is -2.09. The first-order valence-corrected chi connectivity index (χ1v) is 6.22. The van der Waals surface area contributed by atoms with Gasteiger partial charge in [0.2, 0.25) is 0 Å². The highest BCUT2D eigenvalue weighted by molar-refractivity contribution is 5.48. The summed E-state index contributed by atoms with van der Waals surface area (Å²) in [7, 11) is 0. The van der Waals surface area contributed by atoms with Gasteiger partial charge in [-0.3, -0.25) is 0 Å². The van der Waals surface area contributed by atoms with E-state index in [1.807, 2.05) is 0 Å². The SMILES string of the molecule is CCc1cc(NCCCCCO)ccc1C. The van der Waals surface area contributed by atoms with Crippen LogP contribution in [0.25, 0.3) is 0 Å². The fourth-order valence-electron chi connectivity index (χ4n) is 1.81. The van der Waals surface area contributed by atoms with Gasteiger partial charge >= 0.3 is 0 Å². The van der Waals surface area contributed by atoms with E-state index in [4.69, 9.17) is 5.11 Å². The summed E-state index contributed by atoms with van der Waals surface area (Å²) in [4.78, 5) is 0. The summed E-state index contributed by atoms with van der Waals surface area (Å²) in [6.45, 7) is 5.65. The second kappa shape index (κ2) is 7.29. The first-order chi connectivity index (χ1) is 7.77. The molecule has 0 bridgehead atoms. The number of hydrogen-bond acceptors (Lipinski definition) is 2. The molecular formula is C14H23NO. The third kappa shape index (κ3) is 4.23. The minimum atomic E-state index is 0.310. The number of aliphatic hydroxyl groups excluding tert-OH is 1. The zero-order chi connectivity index (χ0) is 11.8. The molecular weight excluding hydrogens is 198 g/mol. The van der Waals surface area contributed by atoms with E-state index < -0.39 is 0 Å². The third-order valence-corrected chi connectivity index (χ3v) is 2.89. The fraction of sp³-hybridized carbons (Fsp3) is 0.571. The number of nitrogens with one attached hydrogen (secondary N) is 1. The molecule has 2 nitrogen and oxygen atoms in total. The van der Waals surface area contributed by atoms with Crippen molar-refractivity contribution in [2.45, 2.75) is 39.5 Å². The number of hydrogen-bond donors (Lipinski definition) is 2. The molecule has 0 aliphatic heterocycles. The van der Waals surface area contributed by atoms with Crippen LogP contribution in [0.1, 0.15) is 37.3 Å². The maximum absolute atomic E-state index is 8.66. The monoisotopic (exact) mass is 221 g/mol. The Hall–Kier alpha value is -1.02. The molecule has 0 aromatic heterocycles. The Labute approximate surface area is 98.7 Å². The number of rotatable bonds is 7. The predicted octanol–water partition coefficient (Wildman–Crippen LogP) is 3.13. The normalized spacial score (nSPS) is 10.4. The molecule has 0 saturated heterocycles. The van der Waals surface area contributed by atoms with Crippen LogP contribution in [0.5, 0.6) is 0 Å². The molecule has 2 heteroatoms. The smallest absolute Gasteiger partial charge is 0.0431 e. The van der Waals surface area contributed by atoms with Gasteiger partial charge in [-0.05, 0) is 55.9 Å². The highest BCUT2D eigenvalue weighted by Gasteiger charge is 1.98. The average molecular weight is 221 g/mol. The molecule has 1 aromatic carbocycles. The summed E-state index contributed by atoms with van der Waals surface area (Å²) in [6.07, 6.45) is 4.22. The van der Waals surface area contributed by atoms with Crippen molar-refractivity contribution >= 4 is 5.69 Å².